The van der Waals surface area contributed by atoms with Crippen LogP contribution in [0.25, 0.3) is 6.08 Å². The molecule has 3 aromatic rings. The molecule has 0 radical (unpaired) electrons. The minimum Gasteiger partial charge on any atom is -0.460 e. The molecule has 0 bridgehead atoms. The van der Waals surface area contributed by atoms with Crippen molar-refractivity contribution in [3.63, 3.8) is 0 Å². The van der Waals surface area contributed by atoms with Gasteiger partial charge >= 0.3 is 11.9 Å². The Bertz CT molecular complexity index is 2250. The zero-order valence-corrected chi connectivity index (χ0v) is 37.0. The van der Waals surface area contributed by atoms with Gasteiger partial charge in [-0.15, -0.1) is 0 Å². The van der Waals surface area contributed by atoms with Crippen molar-refractivity contribution in [1.82, 2.24) is 10.6 Å². The van der Waals surface area contributed by atoms with Gasteiger partial charge in [-0.1, -0.05) is 60.7 Å². The molecule has 2 fully saturated rings. The van der Waals surface area contributed by atoms with Crippen LogP contribution < -0.4 is 10.6 Å². The van der Waals surface area contributed by atoms with Crippen molar-refractivity contribution in [3.8, 4) is 0 Å². The Kier molecular flexibility index (Phi) is 15.5. The van der Waals surface area contributed by atoms with Crippen LogP contribution in [0.5, 0.6) is 0 Å². The summed E-state index contributed by atoms with van der Waals surface area (Å²) >= 11 is 0. The van der Waals surface area contributed by atoms with Gasteiger partial charge in [0, 0.05) is 43.4 Å². The van der Waals surface area contributed by atoms with E-state index in [2.05, 4.69) is 10.6 Å². The average Bonchev–Trinajstić information content (AvgIpc) is 3.85. The lowest BCUT2D eigenvalue weighted by Gasteiger charge is -2.39. The van der Waals surface area contributed by atoms with Gasteiger partial charge in [-0.05, 0) is 79.8 Å². The summed E-state index contributed by atoms with van der Waals surface area (Å²) in [5.41, 5.74) is 3.74. The Morgan fingerprint density at radius 3 is 2.29 bits per heavy atom. The second-order valence-electron chi connectivity index (χ2n) is 18.0. The monoisotopic (exact) mass is 914 g/mol. The highest BCUT2D eigenvalue weighted by Crippen LogP contribution is 2.45. The molecule has 7 rings (SSSR count). The van der Waals surface area contributed by atoms with Crippen LogP contribution in [-0.4, -0.2) is 136 Å². The van der Waals surface area contributed by atoms with Crippen molar-refractivity contribution in [2.45, 2.75) is 126 Å². The number of benzene rings is 3. The number of fused-ring (bicyclic) bond motifs is 2. The Balaban J connectivity index is 0.974. The van der Waals surface area contributed by atoms with E-state index in [1.165, 1.54) is 0 Å². The Morgan fingerprint density at radius 1 is 0.879 bits per heavy atom. The van der Waals surface area contributed by atoms with Crippen molar-refractivity contribution in [3.05, 3.63) is 124 Å². The van der Waals surface area contributed by atoms with Crippen molar-refractivity contribution >= 4 is 29.8 Å². The molecule has 2 amide bonds. The van der Waals surface area contributed by atoms with Crippen LogP contribution in [0, 0.1) is 0 Å². The number of carbonyl (C=O) groups excluding carboxylic acids is 4. The predicted octanol–water partition coefficient (Wildman–Crippen LogP) is 2.18. The molecular formula is C49H58N2O15. The maximum atomic E-state index is 13.8. The second-order valence-corrected chi connectivity index (χ2v) is 18.0. The van der Waals surface area contributed by atoms with Crippen LogP contribution in [0.4, 0.5) is 0 Å². The third kappa shape index (κ3) is 12.0. The highest BCUT2D eigenvalue weighted by atomic mass is 16.8. The standard InChI is InChI=1S/C49H58N2O15/c1-48(2,3)65-39(54)18-17-35(26-52)51-45(59)31-12-6-8-29(20-31)25-50-44(58)34-21-36(43-37(22-34)64-49(66-43)23-32-10-4-5-11-33(32)24-49)62-46(60)30-15-13-28(14-16-30)9-7-19-61-47-42(57)41(56)40(55)38(27-53)63-47/h4-16,20,22,35-38,40-43,47,52-53,55-57H,17-19,21,23-27H2,1-3H3,(H,50,58)(H,51,59). The lowest BCUT2D eigenvalue weighted by molar-refractivity contribution is -0.298. The van der Waals surface area contributed by atoms with Crippen LogP contribution in [0.3, 0.4) is 0 Å². The number of esters is 2. The third-order valence-corrected chi connectivity index (χ3v) is 11.7. The molecule has 66 heavy (non-hydrogen) atoms. The van der Waals surface area contributed by atoms with E-state index in [4.69, 9.17) is 28.4 Å². The SMILES string of the molecule is CC(C)(C)OC(=O)CCC(CO)NC(=O)c1cccc(CNC(=O)C2=CC3OC4(Cc5ccccc5C4)OC3C(OC(=O)c3ccc(C=CCOC4OC(CO)C(O)C(O)C4O)cc3)C2)c1. The van der Waals surface area contributed by atoms with Crippen LogP contribution >= 0.6 is 0 Å². The maximum absolute atomic E-state index is 13.8. The molecule has 2 aliphatic carbocycles. The van der Waals surface area contributed by atoms with Gasteiger partial charge < -0.3 is 64.6 Å². The van der Waals surface area contributed by atoms with E-state index in [0.717, 1.165) is 11.1 Å². The number of nitrogens with one attached hydrogen (secondary N) is 2. The first-order valence-electron chi connectivity index (χ1n) is 22.1. The summed E-state index contributed by atoms with van der Waals surface area (Å²) in [5, 5.41) is 55.2. The van der Waals surface area contributed by atoms with Crippen LogP contribution in [0.15, 0.2) is 90.5 Å². The van der Waals surface area contributed by atoms with E-state index in [1.807, 2.05) is 24.3 Å². The highest BCUT2D eigenvalue weighted by Gasteiger charge is 2.55. The van der Waals surface area contributed by atoms with E-state index >= 15 is 0 Å². The summed E-state index contributed by atoms with van der Waals surface area (Å²) in [6, 6.07) is 20.5. The molecule has 2 aliphatic heterocycles. The molecule has 2 saturated heterocycles. The van der Waals surface area contributed by atoms with Gasteiger partial charge in [0.25, 0.3) is 5.91 Å². The summed E-state index contributed by atoms with van der Waals surface area (Å²) in [4.78, 5) is 52.9. The van der Waals surface area contributed by atoms with Gasteiger partial charge in [0.15, 0.2) is 12.1 Å². The zero-order valence-electron chi connectivity index (χ0n) is 37.0. The summed E-state index contributed by atoms with van der Waals surface area (Å²) in [6.07, 6.45) is -2.95. The summed E-state index contributed by atoms with van der Waals surface area (Å²) in [7, 11) is 0. The fourth-order valence-electron chi connectivity index (χ4n) is 8.42. The van der Waals surface area contributed by atoms with Crippen LogP contribution in [0.1, 0.15) is 83.0 Å². The van der Waals surface area contributed by atoms with E-state index in [1.54, 1.807) is 87.5 Å². The van der Waals surface area contributed by atoms with E-state index < -0.39 is 96.8 Å². The van der Waals surface area contributed by atoms with Gasteiger partial charge in [0.05, 0.1) is 31.4 Å². The highest BCUT2D eigenvalue weighted by molar-refractivity contribution is 5.95. The topological polar surface area (TPSA) is 249 Å². The number of rotatable bonds is 16. The smallest absolute Gasteiger partial charge is 0.338 e. The normalized spacial score (nSPS) is 26.0. The first-order chi connectivity index (χ1) is 31.5. The number of aliphatic hydroxyl groups excluding tert-OH is 5. The van der Waals surface area contributed by atoms with E-state index in [-0.39, 0.29) is 44.6 Å². The Labute approximate surface area is 382 Å². The number of hydrogen-bond acceptors (Lipinski definition) is 15. The summed E-state index contributed by atoms with van der Waals surface area (Å²) < 4.78 is 35.5. The number of hydrogen-bond donors (Lipinski definition) is 7. The average molecular weight is 915 g/mol. The molecule has 4 aliphatic rings. The predicted molar refractivity (Wildman–Crippen MR) is 235 cm³/mol. The Morgan fingerprint density at radius 2 is 1.61 bits per heavy atom. The number of amides is 2. The van der Waals surface area contributed by atoms with Crippen LogP contribution in [-0.2, 0) is 57.4 Å². The minimum absolute atomic E-state index is 0.0169. The van der Waals surface area contributed by atoms with E-state index in [9.17, 15) is 44.7 Å². The van der Waals surface area contributed by atoms with Crippen molar-refractivity contribution in [1.29, 1.82) is 0 Å². The molecule has 0 saturated carbocycles. The van der Waals surface area contributed by atoms with Gasteiger partial charge in [-0.25, -0.2) is 4.79 Å². The first kappa shape index (κ1) is 48.6. The molecule has 354 valence electrons. The number of ether oxygens (including phenoxy) is 6. The van der Waals surface area contributed by atoms with Gasteiger partial charge in [0.2, 0.25) is 5.91 Å². The largest absolute Gasteiger partial charge is 0.460 e. The molecule has 2 heterocycles. The fraction of sp³-hybridized carbons (Fsp3) is 0.469. The van der Waals surface area contributed by atoms with Gasteiger partial charge in [-0.2, -0.15) is 0 Å². The van der Waals surface area contributed by atoms with Crippen LogP contribution in [0.2, 0.25) is 0 Å². The maximum Gasteiger partial charge on any atom is 0.338 e. The zero-order chi connectivity index (χ0) is 47.2. The minimum atomic E-state index is -1.55. The van der Waals surface area contributed by atoms with Gasteiger partial charge in [0.1, 0.15) is 48.3 Å². The van der Waals surface area contributed by atoms with Crippen molar-refractivity contribution < 1.29 is 73.1 Å². The first-order valence-corrected chi connectivity index (χ1v) is 22.1. The lowest BCUT2D eigenvalue weighted by Crippen LogP contribution is -2.59. The molecule has 3 aromatic carbocycles. The third-order valence-electron chi connectivity index (χ3n) is 11.7. The molecule has 0 aromatic heterocycles. The summed E-state index contributed by atoms with van der Waals surface area (Å²) in [6.45, 7) is 4.37. The Hall–Kier alpha value is -5.34. The molecule has 9 atom stereocenters. The molecule has 17 heteroatoms. The number of carbonyl (C=O) groups is 4. The summed E-state index contributed by atoms with van der Waals surface area (Å²) in [5.74, 6) is -2.94. The molecule has 1 spiro atoms. The molecule has 17 nitrogen and oxygen atoms in total. The van der Waals surface area contributed by atoms with Crippen molar-refractivity contribution in [2.75, 3.05) is 19.8 Å². The second kappa shape index (κ2) is 21.1. The number of aliphatic hydroxyl groups is 5. The van der Waals surface area contributed by atoms with Gasteiger partial charge in [-0.3, -0.25) is 14.4 Å². The molecule has 9 unspecified atom stereocenters. The lowest BCUT2D eigenvalue weighted by atomic mass is 9.91. The molecular weight excluding hydrogens is 857 g/mol. The fourth-order valence-corrected chi connectivity index (χ4v) is 8.42. The van der Waals surface area contributed by atoms with E-state index in [0.29, 0.717) is 35.1 Å². The van der Waals surface area contributed by atoms with Crippen molar-refractivity contribution in [2.24, 2.45) is 0 Å². The molecule has 7 N–H and O–H groups in total. The quantitative estimate of drug-likeness (QED) is 0.102.